The first-order valence-electron chi connectivity index (χ1n) is 8.44. The zero-order chi connectivity index (χ0) is 17.8. The molecule has 4 heteroatoms. The number of benzene rings is 3. The third-order valence-corrected chi connectivity index (χ3v) is 5.13. The summed E-state index contributed by atoms with van der Waals surface area (Å²) in [6, 6.07) is 28.2. The van der Waals surface area contributed by atoms with Crippen molar-refractivity contribution in [1.82, 2.24) is 4.98 Å². The van der Waals surface area contributed by atoms with E-state index in [0.29, 0.717) is 5.75 Å². The largest absolute Gasteiger partial charge is 0.355 e. The predicted molar refractivity (Wildman–Crippen MR) is 110 cm³/mol. The zero-order valence-electron chi connectivity index (χ0n) is 14.1. The molecule has 0 aliphatic rings. The fraction of sp³-hybridized carbons (Fsp3) is 0.0455. The standard InChI is InChI=1S/C22H18N2OS/c25-22(15-26-19-7-2-1-3-8-19)23-18-12-10-16(11-13-18)21-14-17-6-4-5-9-20(17)24-21/h1-14,24H,15H2,(H,23,25). The van der Waals surface area contributed by atoms with Gasteiger partial charge in [0.15, 0.2) is 0 Å². The summed E-state index contributed by atoms with van der Waals surface area (Å²) < 4.78 is 0. The maximum Gasteiger partial charge on any atom is 0.234 e. The summed E-state index contributed by atoms with van der Waals surface area (Å²) in [6.07, 6.45) is 0. The zero-order valence-corrected chi connectivity index (χ0v) is 14.9. The molecular formula is C22H18N2OS. The number of carbonyl (C=O) groups excluding carboxylic acids is 1. The van der Waals surface area contributed by atoms with Crippen LogP contribution in [-0.4, -0.2) is 16.6 Å². The fourth-order valence-electron chi connectivity index (χ4n) is 2.82. The number of aromatic amines is 1. The molecule has 0 unspecified atom stereocenters. The molecule has 0 radical (unpaired) electrons. The van der Waals surface area contributed by atoms with Crippen molar-refractivity contribution in [1.29, 1.82) is 0 Å². The minimum absolute atomic E-state index is 0.00258. The van der Waals surface area contributed by atoms with Crippen LogP contribution in [0.1, 0.15) is 0 Å². The highest BCUT2D eigenvalue weighted by Gasteiger charge is 2.06. The Morgan fingerprint density at radius 1 is 0.885 bits per heavy atom. The quantitative estimate of drug-likeness (QED) is 0.458. The Bertz CT molecular complexity index is 990. The Morgan fingerprint density at radius 2 is 1.62 bits per heavy atom. The topological polar surface area (TPSA) is 44.9 Å². The molecule has 128 valence electrons. The van der Waals surface area contributed by atoms with Gasteiger partial charge in [-0.3, -0.25) is 4.79 Å². The third kappa shape index (κ3) is 3.81. The number of thioether (sulfide) groups is 1. The second kappa shape index (κ2) is 7.50. The lowest BCUT2D eigenvalue weighted by Gasteiger charge is -2.06. The van der Waals surface area contributed by atoms with Crippen molar-refractivity contribution in [2.24, 2.45) is 0 Å². The van der Waals surface area contributed by atoms with Crippen molar-refractivity contribution >= 4 is 34.3 Å². The van der Waals surface area contributed by atoms with E-state index in [0.717, 1.165) is 27.4 Å². The van der Waals surface area contributed by atoms with Crippen LogP contribution < -0.4 is 5.32 Å². The lowest BCUT2D eigenvalue weighted by atomic mass is 10.1. The number of hydrogen-bond donors (Lipinski definition) is 2. The lowest BCUT2D eigenvalue weighted by Crippen LogP contribution is -2.13. The van der Waals surface area contributed by atoms with Crippen molar-refractivity contribution in [3.8, 4) is 11.3 Å². The molecule has 4 rings (SSSR count). The third-order valence-electron chi connectivity index (χ3n) is 4.12. The van der Waals surface area contributed by atoms with Crippen molar-refractivity contribution in [3.63, 3.8) is 0 Å². The number of hydrogen-bond acceptors (Lipinski definition) is 2. The summed E-state index contributed by atoms with van der Waals surface area (Å²) in [7, 11) is 0. The highest BCUT2D eigenvalue weighted by molar-refractivity contribution is 8.00. The summed E-state index contributed by atoms with van der Waals surface area (Å²) in [5.74, 6) is 0.394. The summed E-state index contributed by atoms with van der Waals surface area (Å²) in [5, 5.41) is 4.14. The summed E-state index contributed by atoms with van der Waals surface area (Å²) in [5.41, 5.74) is 4.10. The van der Waals surface area contributed by atoms with Gasteiger partial charge < -0.3 is 10.3 Å². The van der Waals surface area contributed by atoms with Gasteiger partial charge in [0.2, 0.25) is 5.91 Å². The van der Waals surface area contributed by atoms with E-state index in [9.17, 15) is 4.79 Å². The van der Waals surface area contributed by atoms with Crippen molar-refractivity contribution < 1.29 is 4.79 Å². The van der Waals surface area contributed by atoms with Crippen LogP contribution in [0.5, 0.6) is 0 Å². The molecule has 1 heterocycles. The van der Waals surface area contributed by atoms with E-state index in [1.165, 1.54) is 17.1 Å². The second-order valence-electron chi connectivity index (χ2n) is 6.00. The van der Waals surface area contributed by atoms with Gasteiger partial charge in [0.1, 0.15) is 0 Å². The molecule has 0 saturated heterocycles. The van der Waals surface area contributed by atoms with Gasteiger partial charge in [-0.1, -0.05) is 48.5 Å². The summed E-state index contributed by atoms with van der Waals surface area (Å²) in [6.45, 7) is 0. The first-order chi connectivity index (χ1) is 12.8. The maximum absolute atomic E-state index is 12.1. The molecule has 0 bridgehead atoms. The van der Waals surface area contributed by atoms with Gasteiger partial charge in [0.05, 0.1) is 5.75 Å². The molecule has 3 nitrogen and oxygen atoms in total. The van der Waals surface area contributed by atoms with Crippen LogP contribution in [0.25, 0.3) is 22.2 Å². The molecule has 0 aliphatic heterocycles. The molecule has 3 aromatic carbocycles. The van der Waals surface area contributed by atoms with Crippen LogP contribution in [0.3, 0.4) is 0 Å². The highest BCUT2D eigenvalue weighted by atomic mass is 32.2. The number of amides is 1. The van der Waals surface area contributed by atoms with E-state index in [1.807, 2.05) is 66.7 Å². The second-order valence-corrected chi connectivity index (χ2v) is 7.05. The lowest BCUT2D eigenvalue weighted by molar-refractivity contribution is -0.113. The number of rotatable bonds is 5. The minimum atomic E-state index is -0.00258. The average molecular weight is 358 g/mol. The van der Waals surface area contributed by atoms with Gasteiger partial charge >= 0.3 is 0 Å². The van der Waals surface area contributed by atoms with Gasteiger partial charge in [0.25, 0.3) is 0 Å². The van der Waals surface area contributed by atoms with Crippen LogP contribution in [0, 0.1) is 0 Å². The van der Waals surface area contributed by atoms with Gasteiger partial charge in [-0.05, 0) is 42.0 Å². The molecule has 0 fully saturated rings. The number of H-pyrrole nitrogens is 1. The molecule has 0 aliphatic carbocycles. The molecule has 26 heavy (non-hydrogen) atoms. The Kier molecular flexibility index (Phi) is 4.75. The molecule has 1 amide bonds. The number of nitrogens with one attached hydrogen (secondary N) is 2. The van der Waals surface area contributed by atoms with E-state index in [1.54, 1.807) is 0 Å². The van der Waals surface area contributed by atoms with E-state index < -0.39 is 0 Å². The molecule has 4 aromatic rings. The number of para-hydroxylation sites is 1. The number of carbonyl (C=O) groups is 1. The van der Waals surface area contributed by atoms with Crippen LogP contribution in [-0.2, 0) is 4.79 Å². The van der Waals surface area contributed by atoms with Crippen LogP contribution >= 0.6 is 11.8 Å². The van der Waals surface area contributed by atoms with Gasteiger partial charge in [0, 0.05) is 27.2 Å². The molecule has 1 aromatic heterocycles. The van der Waals surface area contributed by atoms with Crippen LogP contribution in [0.4, 0.5) is 5.69 Å². The minimum Gasteiger partial charge on any atom is -0.355 e. The van der Waals surface area contributed by atoms with E-state index >= 15 is 0 Å². The van der Waals surface area contributed by atoms with Crippen molar-refractivity contribution in [3.05, 3.63) is 84.9 Å². The normalized spacial score (nSPS) is 10.8. The SMILES string of the molecule is O=C(CSc1ccccc1)Nc1ccc(-c2cc3ccccc3[nH]2)cc1. The Hall–Kier alpha value is -2.98. The van der Waals surface area contributed by atoms with Crippen molar-refractivity contribution in [2.75, 3.05) is 11.1 Å². The van der Waals surface area contributed by atoms with Crippen LogP contribution in [0.2, 0.25) is 0 Å². The highest BCUT2D eigenvalue weighted by Crippen LogP contribution is 2.25. The molecule has 0 atom stereocenters. The van der Waals surface area contributed by atoms with Crippen LogP contribution in [0.15, 0.2) is 89.8 Å². The number of anilines is 1. The predicted octanol–water partition coefficient (Wildman–Crippen LogP) is 5.57. The monoisotopic (exact) mass is 358 g/mol. The van der Waals surface area contributed by atoms with Crippen molar-refractivity contribution in [2.45, 2.75) is 4.90 Å². The Morgan fingerprint density at radius 3 is 2.38 bits per heavy atom. The average Bonchev–Trinajstić information content (AvgIpc) is 3.12. The fourth-order valence-corrected chi connectivity index (χ4v) is 3.54. The molecule has 0 spiro atoms. The summed E-state index contributed by atoms with van der Waals surface area (Å²) in [4.78, 5) is 16.6. The maximum atomic E-state index is 12.1. The van der Waals surface area contributed by atoms with Gasteiger partial charge in [-0.25, -0.2) is 0 Å². The number of aromatic nitrogens is 1. The van der Waals surface area contributed by atoms with E-state index in [4.69, 9.17) is 0 Å². The van der Waals surface area contributed by atoms with E-state index in [-0.39, 0.29) is 5.91 Å². The van der Waals surface area contributed by atoms with Gasteiger partial charge in [-0.2, -0.15) is 0 Å². The number of fused-ring (bicyclic) bond motifs is 1. The van der Waals surface area contributed by atoms with Gasteiger partial charge in [-0.15, -0.1) is 11.8 Å². The first-order valence-corrected chi connectivity index (χ1v) is 9.42. The summed E-state index contributed by atoms with van der Waals surface area (Å²) >= 11 is 1.53. The smallest absolute Gasteiger partial charge is 0.234 e. The molecule has 2 N–H and O–H groups in total. The van der Waals surface area contributed by atoms with E-state index in [2.05, 4.69) is 28.5 Å². The Labute approximate surface area is 156 Å². The first kappa shape index (κ1) is 16.5. The molecule has 0 saturated carbocycles. The Balaban J connectivity index is 1.40. The molecular weight excluding hydrogens is 340 g/mol.